The van der Waals surface area contributed by atoms with E-state index >= 15 is 0 Å². The average Bonchev–Trinajstić information content (AvgIpc) is 2.97. The summed E-state index contributed by atoms with van der Waals surface area (Å²) in [5, 5.41) is 2.02. The summed E-state index contributed by atoms with van der Waals surface area (Å²) in [6, 6.07) is 10.2. The Morgan fingerprint density at radius 2 is 1.95 bits per heavy atom. The number of allylic oxidation sites excluding steroid dienone is 1. The van der Waals surface area contributed by atoms with Crippen molar-refractivity contribution in [2.24, 2.45) is 0 Å². The highest BCUT2D eigenvalue weighted by atomic mass is 32.1. The van der Waals surface area contributed by atoms with Crippen LogP contribution in [-0.2, 0) is 12.8 Å². The molecule has 0 fully saturated rings. The van der Waals surface area contributed by atoms with Gasteiger partial charge in [0.1, 0.15) is 0 Å². The Balaban J connectivity index is 1.80. The van der Waals surface area contributed by atoms with Crippen molar-refractivity contribution in [2.45, 2.75) is 25.7 Å². The molecule has 0 atom stereocenters. The molecule has 19 heavy (non-hydrogen) atoms. The number of carbonyl (C=O) groups excluding carboxylic acids is 1. The molecular weight excluding hydrogens is 252 g/mol. The maximum atomic E-state index is 12.1. The van der Waals surface area contributed by atoms with E-state index in [1.54, 1.807) is 17.4 Å². The largest absolute Gasteiger partial charge is 0.289 e. The molecule has 0 bridgehead atoms. The SMILES string of the molecule is O=C(/C=C/c1cccs1)c1ccc2c(c1)CCCC2. The Morgan fingerprint density at radius 3 is 2.74 bits per heavy atom. The van der Waals surface area contributed by atoms with Crippen molar-refractivity contribution >= 4 is 23.2 Å². The fourth-order valence-corrected chi connectivity index (χ4v) is 3.14. The third-order valence-corrected chi connectivity index (χ3v) is 4.41. The van der Waals surface area contributed by atoms with Crippen LogP contribution in [0.1, 0.15) is 39.2 Å². The molecule has 0 amide bonds. The Hall–Kier alpha value is -1.67. The Morgan fingerprint density at radius 1 is 1.11 bits per heavy atom. The first kappa shape index (κ1) is 12.4. The van der Waals surface area contributed by atoms with Crippen LogP contribution in [0, 0.1) is 0 Å². The van der Waals surface area contributed by atoms with Gasteiger partial charge in [0.2, 0.25) is 0 Å². The summed E-state index contributed by atoms with van der Waals surface area (Å²) in [5.41, 5.74) is 3.60. The molecule has 0 saturated carbocycles. The molecular formula is C17H16OS. The molecule has 2 heteroatoms. The van der Waals surface area contributed by atoms with Crippen LogP contribution in [0.15, 0.2) is 41.8 Å². The van der Waals surface area contributed by atoms with E-state index in [1.165, 1.54) is 24.0 Å². The summed E-state index contributed by atoms with van der Waals surface area (Å²) >= 11 is 1.64. The third kappa shape index (κ3) is 2.85. The maximum absolute atomic E-state index is 12.1. The first-order valence-electron chi connectivity index (χ1n) is 6.71. The van der Waals surface area contributed by atoms with Gasteiger partial charge in [-0.05, 0) is 66.5 Å². The lowest BCUT2D eigenvalue weighted by atomic mass is 9.90. The molecule has 1 aromatic carbocycles. The Bertz CT molecular complexity index is 608. The zero-order valence-corrected chi connectivity index (χ0v) is 11.6. The molecule has 0 spiro atoms. The van der Waals surface area contributed by atoms with E-state index in [0.29, 0.717) is 0 Å². The minimum atomic E-state index is 0.0989. The zero-order chi connectivity index (χ0) is 13.1. The van der Waals surface area contributed by atoms with Crippen molar-refractivity contribution in [1.29, 1.82) is 0 Å². The lowest BCUT2D eigenvalue weighted by Gasteiger charge is -2.15. The van der Waals surface area contributed by atoms with E-state index in [2.05, 4.69) is 12.1 Å². The van der Waals surface area contributed by atoms with Crippen molar-refractivity contribution in [2.75, 3.05) is 0 Å². The van der Waals surface area contributed by atoms with Crippen LogP contribution >= 0.6 is 11.3 Å². The number of benzene rings is 1. The highest BCUT2D eigenvalue weighted by Gasteiger charge is 2.11. The van der Waals surface area contributed by atoms with E-state index in [0.717, 1.165) is 23.3 Å². The minimum Gasteiger partial charge on any atom is -0.289 e. The van der Waals surface area contributed by atoms with Gasteiger partial charge in [0, 0.05) is 10.4 Å². The number of ketones is 1. The molecule has 1 aliphatic carbocycles. The van der Waals surface area contributed by atoms with E-state index in [9.17, 15) is 4.79 Å². The van der Waals surface area contributed by atoms with Gasteiger partial charge < -0.3 is 0 Å². The van der Waals surface area contributed by atoms with Crippen LogP contribution in [0.2, 0.25) is 0 Å². The number of thiophene rings is 1. The molecule has 1 nitrogen and oxygen atoms in total. The minimum absolute atomic E-state index is 0.0989. The lowest BCUT2D eigenvalue weighted by molar-refractivity contribution is 0.104. The number of hydrogen-bond donors (Lipinski definition) is 0. The highest BCUT2D eigenvalue weighted by molar-refractivity contribution is 7.10. The molecule has 1 aromatic heterocycles. The van der Waals surface area contributed by atoms with Gasteiger partial charge in [-0.25, -0.2) is 0 Å². The van der Waals surface area contributed by atoms with Crippen molar-refractivity contribution < 1.29 is 4.79 Å². The molecule has 0 saturated heterocycles. The van der Waals surface area contributed by atoms with Crippen molar-refractivity contribution in [3.05, 3.63) is 63.4 Å². The molecule has 0 aliphatic heterocycles. The topological polar surface area (TPSA) is 17.1 Å². The lowest BCUT2D eigenvalue weighted by Crippen LogP contribution is -2.05. The quantitative estimate of drug-likeness (QED) is 0.590. The smallest absolute Gasteiger partial charge is 0.185 e. The first-order chi connectivity index (χ1) is 9.33. The average molecular weight is 268 g/mol. The Labute approximate surface area is 117 Å². The van der Waals surface area contributed by atoms with Crippen molar-refractivity contribution in [3.63, 3.8) is 0 Å². The summed E-state index contributed by atoms with van der Waals surface area (Å²) in [4.78, 5) is 13.3. The van der Waals surface area contributed by atoms with Gasteiger partial charge in [0.25, 0.3) is 0 Å². The van der Waals surface area contributed by atoms with E-state index in [-0.39, 0.29) is 5.78 Å². The van der Waals surface area contributed by atoms with Gasteiger partial charge in [-0.2, -0.15) is 0 Å². The van der Waals surface area contributed by atoms with Crippen LogP contribution in [-0.4, -0.2) is 5.78 Å². The summed E-state index contributed by atoms with van der Waals surface area (Å²) < 4.78 is 0. The zero-order valence-electron chi connectivity index (χ0n) is 10.8. The number of aryl methyl sites for hydroxylation is 2. The molecule has 96 valence electrons. The highest BCUT2D eigenvalue weighted by Crippen LogP contribution is 2.22. The number of hydrogen-bond acceptors (Lipinski definition) is 2. The Kier molecular flexibility index (Phi) is 3.60. The molecule has 1 heterocycles. The van der Waals surface area contributed by atoms with Gasteiger partial charge in [0.05, 0.1) is 0 Å². The molecule has 2 aromatic rings. The monoisotopic (exact) mass is 268 g/mol. The molecule has 1 aliphatic rings. The van der Waals surface area contributed by atoms with Crippen LogP contribution in [0.3, 0.4) is 0 Å². The van der Waals surface area contributed by atoms with Crippen LogP contribution in [0.5, 0.6) is 0 Å². The number of rotatable bonds is 3. The summed E-state index contributed by atoms with van der Waals surface area (Å²) in [6.07, 6.45) is 8.37. The van der Waals surface area contributed by atoms with Gasteiger partial charge >= 0.3 is 0 Å². The second kappa shape index (κ2) is 5.54. The van der Waals surface area contributed by atoms with E-state index in [1.807, 2.05) is 29.7 Å². The van der Waals surface area contributed by atoms with Crippen molar-refractivity contribution in [1.82, 2.24) is 0 Å². The van der Waals surface area contributed by atoms with Gasteiger partial charge in [-0.3, -0.25) is 4.79 Å². The molecule has 0 N–H and O–H groups in total. The van der Waals surface area contributed by atoms with Gasteiger partial charge in [-0.1, -0.05) is 18.2 Å². The number of carbonyl (C=O) groups is 1. The van der Waals surface area contributed by atoms with E-state index < -0.39 is 0 Å². The predicted molar refractivity (Wildman–Crippen MR) is 80.8 cm³/mol. The molecule has 0 radical (unpaired) electrons. The van der Waals surface area contributed by atoms with E-state index in [4.69, 9.17) is 0 Å². The third-order valence-electron chi connectivity index (χ3n) is 3.58. The summed E-state index contributed by atoms with van der Waals surface area (Å²) in [6.45, 7) is 0. The molecule has 3 rings (SSSR count). The first-order valence-corrected chi connectivity index (χ1v) is 7.58. The summed E-state index contributed by atoms with van der Waals surface area (Å²) in [5.74, 6) is 0.0989. The summed E-state index contributed by atoms with van der Waals surface area (Å²) in [7, 11) is 0. The molecule has 0 unspecified atom stereocenters. The van der Waals surface area contributed by atoms with Crippen LogP contribution in [0.25, 0.3) is 6.08 Å². The predicted octanol–water partition coefficient (Wildman–Crippen LogP) is 4.52. The van der Waals surface area contributed by atoms with Gasteiger partial charge in [0.15, 0.2) is 5.78 Å². The number of fused-ring (bicyclic) bond motifs is 1. The van der Waals surface area contributed by atoms with Crippen LogP contribution in [0.4, 0.5) is 0 Å². The van der Waals surface area contributed by atoms with Gasteiger partial charge in [-0.15, -0.1) is 11.3 Å². The maximum Gasteiger partial charge on any atom is 0.185 e. The van der Waals surface area contributed by atoms with Crippen LogP contribution < -0.4 is 0 Å². The van der Waals surface area contributed by atoms with Crippen molar-refractivity contribution in [3.8, 4) is 0 Å². The fourth-order valence-electron chi connectivity index (χ4n) is 2.53. The normalized spacial score (nSPS) is 14.5. The second-order valence-corrected chi connectivity index (χ2v) is 5.88. The fraction of sp³-hybridized carbons (Fsp3) is 0.235. The second-order valence-electron chi connectivity index (χ2n) is 4.90. The standard InChI is InChI=1S/C17H16OS/c18-17(10-9-16-6-3-11-19-16)15-8-7-13-4-1-2-5-14(13)12-15/h3,6-12H,1-2,4-5H2/b10-9+.